The van der Waals surface area contributed by atoms with E-state index in [0.717, 1.165) is 22.4 Å². The number of aromatic nitrogens is 3. The minimum atomic E-state index is -2.91. The zero-order chi connectivity index (χ0) is 39.2. The van der Waals surface area contributed by atoms with Crippen molar-refractivity contribution in [1.29, 1.82) is 0 Å². The van der Waals surface area contributed by atoms with Crippen molar-refractivity contribution in [2.75, 3.05) is 16.5 Å². The molecule has 1 unspecified atom stereocenters. The van der Waals surface area contributed by atoms with E-state index in [0.29, 0.717) is 53.5 Å². The summed E-state index contributed by atoms with van der Waals surface area (Å²) in [6.07, 6.45) is 2.83. The number of carbonyl (C=O) groups is 2. The van der Waals surface area contributed by atoms with Gasteiger partial charge in [0.25, 0.3) is 5.91 Å². The molecule has 56 heavy (non-hydrogen) atoms. The lowest BCUT2D eigenvalue weighted by molar-refractivity contribution is -0.146. The van der Waals surface area contributed by atoms with Gasteiger partial charge < -0.3 is 19.5 Å². The number of anilines is 2. The maximum atomic E-state index is 14.9. The summed E-state index contributed by atoms with van der Waals surface area (Å²) in [6, 6.07) is 32.6. The average molecular weight is 789 g/mol. The molecular weight excluding hydrogens is 744 g/mol. The number of hydrogen-bond acceptors (Lipinski definition) is 8. The summed E-state index contributed by atoms with van der Waals surface area (Å²) in [5.74, 6) is -0.934. The van der Waals surface area contributed by atoms with E-state index in [1.165, 1.54) is 5.01 Å². The number of ether oxygens (including phenoxy) is 1. The highest BCUT2D eigenvalue weighted by Crippen LogP contribution is 2.60. The van der Waals surface area contributed by atoms with Gasteiger partial charge in [-0.2, -0.15) is 5.10 Å². The third-order valence-corrected chi connectivity index (χ3v) is 14.3. The van der Waals surface area contributed by atoms with Gasteiger partial charge >= 0.3 is 0 Å². The van der Waals surface area contributed by atoms with Crippen molar-refractivity contribution < 1.29 is 24.2 Å². The number of hydrazone groups is 1. The molecule has 288 valence electrons. The van der Waals surface area contributed by atoms with Crippen molar-refractivity contribution in [2.24, 2.45) is 11.0 Å². The highest BCUT2D eigenvalue weighted by Gasteiger charge is 2.66. The molecule has 2 N–H and O–H groups in total. The fourth-order valence-electron chi connectivity index (χ4n) is 8.89. The fourth-order valence-corrected chi connectivity index (χ4v) is 11.7. The standard InChI is InChI=1S/C43H45ClN6O5Si/c1-28-41(56(2,3)54)39(22-23-48-26-37(45-47-48)34(27-51)30-10-6-4-7-11-30)55-43(28)35-24-32(44)16-20-38(35)49(42(43)53)25-29-14-17-33(18-15-29)50-40(52)21-19-36(46-50)31-12-8-5-9-13-31/h4-18,20,24,26,28,34,39,41,51,54H,19,21-23,25,27H2,1-3H3/t28-,34?,39+,41-,43+/m1/s1. The van der Waals surface area contributed by atoms with Gasteiger partial charge in [0.2, 0.25) is 5.91 Å². The van der Waals surface area contributed by atoms with Crippen LogP contribution in [0.5, 0.6) is 0 Å². The number of fused-ring (bicyclic) bond motifs is 2. The number of aliphatic hydroxyl groups excluding tert-OH is 1. The van der Waals surface area contributed by atoms with Crippen molar-refractivity contribution in [1.82, 2.24) is 15.0 Å². The maximum absolute atomic E-state index is 14.9. The van der Waals surface area contributed by atoms with Gasteiger partial charge in [-0.3, -0.25) is 14.3 Å². The highest BCUT2D eigenvalue weighted by atomic mass is 35.5. The Balaban J connectivity index is 1.04. The Bertz CT molecular complexity index is 2260. The summed E-state index contributed by atoms with van der Waals surface area (Å²) < 4.78 is 8.75. The molecule has 0 radical (unpaired) electrons. The lowest BCUT2D eigenvalue weighted by atomic mass is 9.82. The number of aliphatic hydroxyl groups is 1. The minimum Gasteiger partial charge on any atom is -0.432 e. The predicted octanol–water partition coefficient (Wildman–Crippen LogP) is 7.02. The normalized spacial score (nSPS) is 22.8. The monoisotopic (exact) mass is 788 g/mol. The number of nitrogens with zero attached hydrogens (tertiary/aromatic N) is 6. The number of amides is 2. The Labute approximate surface area is 332 Å². The molecule has 11 nitrogen and oxygen atoms in total. The van der Waals surface area contributed by atoms with Gasteiger partial charge in [-0.05, 0) is 66.5 Å². The Morgan fingerprint density at radius 3 is 2.38 bits per heavy atom. The zero-order valence-electron chi connectivity index (χ0n) is 31.6. The van der Waals surface area contributed by atoms with E-state index >= 15 is 0 Å². The van der Waals surface area contributed by atoms with Crippen LogP contribution >= 0.6 is 11.6 Å². The van der Waals surface area contributed by atoms with Crippen LogP contribution in [0.1, 0.15) is 60.1 Å². The van der Waals surface area contributed by atoms with E-state index in [-0.39, 0.29) is 42.3 Å². The summed E-state index contributed by atoms with van der Waals surface area (Å²) in [5, 5.41) is 25.6. The summed E-state index contributed by atoms with van der Waals surface area (Å²) in [5.41, 5.74) is 4.76. The van der Waals surface area contributed by atoms with Crippen LogP contribution in [0.25, 0.3) is 0 Å². The van der Waals surface area contributed by atoms with Crippen molar-refractivity contribution >= 4 is 48.8 Å². The molecule has 5 atom stereocenters. The van der Waals surface area contributed by atoms with Crippen molar-refractivity contribution in [3.05, 3.63) is 142 Å². The third kappa shape index (κ3) is 6.90. The van der Waals surface area contributed by atoms with Crippen LogP contribution in [0.15, 0.2) is 114 Å². The second-order valence-electron chi connectivity index (χ2n) is 15.5. The quantitative estimate of drug-likeness (QED) is 0.138. The molecule has 3 aliphatic heterocycles. The summed E-state index contributed by atoms with van der Waals surface area (Å²) in [7, 11) is -2.91. The number of aryl methyl sites for hydroxylation is 1. The number of rotatable bonds is 11. The van der Waals surface area contributed by atoms with E-state index in [1.807, 2.05) is 123 Å². The lowest BCUT2D eigenvalue weighted by Gasteiger charge is -2.32. The molecule has 4 heterocycles. The molecule has 3 aliphatic rings. The van der Waals surface area contributed by atoms with Crippen LogP contribution in [0.2, 0.25) is 23.7 Å². The Morgan fingerprint density at radius 1 is 0.964 bits per heavy atom. The molecule has 0 saturated carbocycles. The Hall–Kier alpha value is -4.98. The molecule has 13 heteroatoms. The molecule has 2 amide bonds. The third-order valence-electron chi connectivity index (χ3n) is 11.5. The first kappa shape index (κ1) is 37.9. The summed E-state index contributed by atoms with van der Waals surface area (Å²) in [6.45, 7) is 6.42. The molecule has 5 aromatic rings. The molecular formula is C43H45ClN6O5Si. The van der Waals surface area contributed by atoms with Gasteiger partial charge in [-0.1, -0.05) is 96.5 Å². The first-order valence-corrected chi connectivity index (χ1v) is 22.5. The van der Waals surface area contributed by atoms with Crippen molar-refractivity contribution in [2.45, 2.75) is 75.5 Å². The second kappa shape index (κ2) is 15.2. The van der Waals surface area contributed by atoms with E-state index in [4.69, 9.17) is 21.4 Å². The molecule has 1 spiro atoms. The second-order valence-corrected chi connectivity index (χ2v) is 19.9. The number of halogens is 1. The van der Waals surface area contributed by atoms with Crippen LogP contribution in [-0.2, 0) is 33.0 Å². The number of hydrogen-bond donors (Lipinski definition) is 2. The van der Waals surface area contributed by atoms with Crippen LogP contribution in [0.4, 0.5) is 11.4 Å². The lowest BCUT2D eigenvalue weighted by Crippen LogP contribution is -2.46. The fraction of sp³-hybridized carbons (Fsp3) is 0.326. The van der Waals surface area contributed by atoms with Crippen LogP contribution < -0.4 is 9.91 Å². The van der Waals surface area contributed by atoms with Gasteiger partial charge in [0.05, 0.1) is 48.0 Å². The molecule has 0 bridgehead atoms. The smallest absolute Gasteiger partial charge is 0.264 e. The average Bonchev–Trinajstić information content (AvgIpc) is 3.85. The van der Waals surface area contributed by atoms with E-state index in [1.54, 1.807) is 15.6 Å². The van der Waals surface area contributed by atoms with Gasteiger partial charge in [0.1, 0.15) is 0 Å². The van der Waals surface area contributed by atoms with Crippen LogP contribution in [-0.4, -0.2) is 63.5 Å². The van der Waals surface area contributed by atoms with Crippen LogP contribution in [0.3, 0.4) is 0 Å². The molecule has 4 aromatic carbocycles. The zero-order valence-corrected chi connectivity index (χ0v) is 33.4. The maximum Gasteiger partial charge on any atom is 0.264 e. The van der Waals surface area contributed by atoms with Crippen molar-refractivity contribution in [3.63, 3.8) is 0 Å². The van der Waals surface area contributed by atoms with Gasteiger partial charge in [0.15, 0.2) is 13.9 Å². The van der Waals surface area contributed by atoms with Gasteiger partial charge in [-0.25, -0.2) is 5.01 Å². The highest BCUT2D eigenvalue weighted by molar-refractivity contribution is 6.71. The molecule has 1 fully saturated rings. The summed E-state index contributed by atoms with van der Waals surface area (Å²) >= 11 is 6.62. The number of benzene rings is 4. The molecule has 8 rings (SSSR count). The van der Waals surface area contributed by atoms with Crippen molar-refractivity contribution in [3.8, 4) is 0 Å². The topological polar surface area (TPSA) is 133 Å². The largest absolute Gasteiger partial charge is 0.432 e. The first-order valence-electron chi connectivity index (χ1n) is 19.1. The predicted molar refractivity (Wildman–Crippen MR) is 218 cm³/mol. The Morgan fingerprint density at radius 2 is 1.68 bits per heavy atom. The van der Waals surface area contributed by atoms with E-state index in [9.17, 15) is 19.5 Å². The van der Waals surface area contributed by atoms with Crippen LogP contribution in [0, 0.1) is 5.92 Å². The Kier molecular flexibility index (Phi) is 10.3. The first-order chi connectivity index (χ1) is 27.0. The van der Waals surface area contributed by atoms with E-state index < -0.39 is 20.0 Å². The molecule has 1 saturated heterocycles. The van der Waals surface area contributed by atoms with E-state index in [2.05, 4.69) is 10.3 Å². The minimum absolute atomic E-state index is 0.0717. The molecule has 0 aliphatic carbocycles. The number of carbonyl (C=O) groups excluding carboxylic acids is 2. The molecule has 1 aromatic heterocycles. The summed E-state index contributed by atoms with van der Waals surface area (Å²) in [4.78, 5) is 41.4. The SMILES string of the molecule is C[C@@H]1[C@@H]([Si](C)(C)O)[C@H](CCn2cc(C(CO)c3ccccc3)nn2)O[C@@]12C(=O)N(Cc1ccc(N3N=C(c4ccccc4)CCC3=O)cc1)c1ccc(Cl)cc12. The van der Waals surface area contributed by atoms with Gasteiger partial charge in [-0.15, -0.1) is 5.10 Å². The van der Waals surface area contributed by atoms with Gasteiger partial charge in [0, 0.05) is 47.6 Å².